The largest absolute Gasteiger partial charge is 0.483 e. The van der Waals surface area contributed by atoms with Crippen LogP contribution in [0.3, 0.4) is 0 Å². The van der Waals surface area contributed by atoms with Crippen LogP contribution in [0.4, 0.5) is 0 Å². The third-order valence-electron chi connectivity index (χ3n) is 13.8. The molecule has 0 aromatic carbocycles. The fourth-order valence-electron chi connectivity index (χ4n) is 7.26. The zero-order valence-electron chi connectivity index (χ0n) is 35.6. The molecule has 2 aliphatic rings. The predicted molar refractivity (Wildman–Crippen MR) is 219 cm³/mol. The summed E-state index contributed by atoms with van der Waals surface area (Å²) in [5.74, 6) is -0.502. The number of carbonyl (C=O) groups is 1. The molecule has 52 heavy (non-hydrogen) atoms. The number of fused-ring (bicyclic) bond motifs is 2. The van der Waals surface area contributed by atoms with Gasteiger partial charge in [-0.1, -0.05) is 82.2 Å². The summed E-state index contributed by atoms with van der Waals surface area (Å²) >= 11 is 0. The molecule has 0 spiro atoms. The van der Waals surface area contributed by atoms with Crippen LogP contribution in [0.1, 0.15) is 99.9 Å². The topological polar surface area (TPSA) is 97.1 Å². The molecule has 1 aliphatic carbocycles. The number of hydrogen-bond acceptors (Lipinski definition) is 8. The monoisotopic (exact) mass is 771 g/mol. The molecule has 0 saturated heterocycles. The van der Waals surface area contributed by atoms with E-state index in [0.717, 1.165) is 0 Å². The van der Waals surface area contributed by atoms with Crippen LogP contribution in [0, 0.1) is 23.2 Å². The summed E-state index contributed by atoms with van der Waals surface area (Å²) in [7, 11) is -6.67. The zero-order chi connectivity index (χ0) is 39.7. The third-order valence-corrected chi connectivity index (χ3v) is 27.3. The van der Waals surface area contributed by atoms with Crippen molar-refractivity contribution in [2.24, 2.45) is 23.2 Å². The van der Waals surface area contributed by atoms with Crippen LogP contribution >= 0.6 is 0 Å². The fraction of sp³-hybridized carbons (Fsp3) is 0.732. The smallest absolute Gasteiger partial charge is 0.351 e. The molecule has 3 heterocycles. The highest BCUT2D eigenvalue weighted by molar-refractivity contribution is 6.75. The minimum absolute atomic E-state index is 0.0227. The van der Waals surface area contributed by atoms with Crippen molar-refractivity contribution in [2.45, 2.75) is 156 Å². The van der Waals surface area contributed by atoms with Gasteiger partial charge in [-0.05, 0) is 91.2 Å². The molecule has 0 bridgehead atoms. The number of aromatic nitrogens is 1. The Balaban J connectivity index is 1.90. The number of carbonyl (C=O) groups excluding carboxylic acids is 1. The van der Waals surface area contributed by atoms with Crippen LogP contribution < -0.4 is 10.4 Å². The summed E-state index contributed by atoms with van der Waals surface area (Å²) in [5.41, 5.74) is -1.92. The lowest BCUT2D eigenvalue weighted by molar-refractivity contribution is -0.167. The Morgan fingerprint density at radius 3 is 1.81 bits per heavy atom. The van der Waals surface area contributed by atoms with Crippen LogP contribution in [0.15, 0.2) is 39.7 Å². The summed E-state index contributed by atoms with van der Waals surface area (Å²) in [6.07, 6.45) is 1.88. The number of nitrogens with zero attached hydrogens (tertiary/aromatic N) is 1. The molecular weight excluding hydrogens is 703 g/mol. The van der Waals surface area contributed by atoms with Crippen molar-refractivity contribution in [1.29, 1.82) is 0 Å². The standard InChI is InChI=1S/C41H69NO7Si3/c1-37(2,3)50(13,14)45-25-27(26-46-51(15,16)38(4,5)6)28-23-32(49-52(17,18)39(7,8)9)41(12)35(40(28,10)11)34(43)33-31(48-41)24-30(47-36(33)44)29-21-19-20-22-42-29/h19-22,24,27-28,32,35H,23,25-26H2,1-18H3/t28-,32-,35+,41+/m0/s1. The lowest BCUT2D eigenvalue weighted by Crippen LogP contribution is -2.69. The molecule has 4 rings (SSSR count). The maximum absolute atomic E-state index is 15.1. The average molecular weight is 772 g/mol. The van der Waals surface area contributed by atoms with Gasteiger partial charge in [0.1, 0.15) is 22.6 Å². The van der Waals surface area contributed by atoms with E-state index in [1.54, 1.807) is 24.4 Å². The Bertz CT molecular complexity index is 1630. The highest BCUT2D eigenvalue weighted by Crippen LogP contribution is 2.59. The van der Waals surface area contributed by atoms with Gasteiger partial charge >= 0.3 is 5.63 Å². The zero-order valence-corrected chi connectivity index (χ0v) is 38.6. The van der Waals surface area contributed by atoms with E-state index >= 15 is 4.79 Å². The maximum Gasteiger partial charge on any atom is 0.351 e. The third kappa shape index (κ3) is 8.05. The lowest BCUT2D eigenvalue weighted by atomic mass is 9.51. The van der Waals surface area contributed by atoms with Crippen molar-refractivity contribution in [3.8, 4) is 17.2 Å². The summed E-state index contributed by atoms with van der Waals surface area (Å²) < 4.78 is 34.2. The van der Waals surface area contributed by atoms with Crippen LogP contribution in [0.2, 0.25) is 54.4 Å². The van der Waals surface area contributed by atoms with E-state index in [0.29, 0.717) is 25.3 Å². The van der Waals surface area contributed by atoms with Crippen molar-refractivity contribution in [2.75, 3.05) is 13.2 Å². The minimum atomic E-state index is -2.39. The molecule has 0 amide bonds. The Morgan fingerprint density at radius 1 is 0.827 bits per heavy atom. The second-order valence-corrected chi connectivity index (χ2v) is 35.2. The van der Waals surface area contributed by atoms with E-state index < -0.39 is 53.6 Å². The maximum atomic E-state index is 15.1. The van der Waals surface area contributed by atoms with E-state index in [4.69, 9.17) is 22.4 Å². The quantitative estimate of drug-likeness (QED) is 0.220. The molecule has 292 valence electrons. The molecule has 2 aromatic rings. The molecule has 8 nitrogen and oxygen atoms in total. The molecular formula is C41H69NO7Si3. The molecule has 1 aliphatic heterocycles. The summed E-state index contributed by atoms with van der Waals surface area (Å²) in [6.45, 7) is 41.4. The first-order valence-electron chi connectivity index (χ1n) is 19.2. The highest BCUT2D eigenvalue weighted by atomic mass is 28.4. The predicted octanol–water partition coefficient (Wildman–Crippen LogP) is 10.7. The fourth-order valence-corrected chi connectivity index (χ4v) is 10.8. The van der Waals surface area contributed by atoms with Crippen LogP contribution in [0.5, 0.6) is 5.75 Å². The van der Waals surface area contributed by atoms with Crippen molar-refractivity contribution >= 4 is 30.7 Å². The van der Waals surface area contributed by atoms with Crippen molar-refractivity contribution in [3.05, 3.63) is 46.4 Å². The van der Waals surface area contributed by atoms with Gasteiger partial charge in [0.05, 0.1) is 12.0 Å². The van der Waals surface area contributed by atoms with Crippen LogP contribution in [-0.2, 0) is 13.3 Å². The van der Waals surface area contributed by atoms with Crippen molar-refractivity contribution < 1.29 is 27.2 Å². The Hall–Kier alpha value is -1.90. The van der Waals surface area contributed by atoms with Crippen molar-refractivity contribution in [1.82, 2.24) is 4.98 Å². The van der Waals surface area contributed by atoms with E-state index in [1.807, 2.05) is 13.0 Å². The molecule has 1 fully saturated rings. The van der Waals surface area contributed by atoms with Crippen LogP contribution in [0.25, 0.3) is 11.5 Å². The van der Waals surface area contributed by atoms with Gasteiger partial charge in [0.25, 0.3) is 0 Å². The minimum Gasteiger partial charge on any atom is -0.483 e. The molecule has 0 radical (unpaired) electrons. The van der Waals surface area contributed by atoms with Gasteiger partial charge in [-0.2, -0.15) is 0 Å². The van der Waals surface area contributed by atoms with E-state index in [2.05, 4.69) is 120 Å². The van der Waals surface area contributed by atoms with E-state index in [9.17, 15) is 4.79 Å². The van der Waals surface area contributed by atoms with E-state index in [-0.39, 0.29) is 49.8 Å². The second-order valence-electron chi connectivity index (χ2n) is 20.9. The number of Topliss-reactive ketones (excluding diaryl/α,β-unsaturated/α-hetero) is 1. The summed E-state index contributed by atoms with van der Waals surface area (Å²) in [6, 6.07) is 7.06. The molecule has 0 N–H and O–H groups in total. The van der Waals surface area contributed by atoms with Gasteiger partial charge in [-0.25, -0.2) is 4.79 Å². The number of ether oxygens (including phenoxy) is 1. The van der Waals surface area contributed by atoms with Gasteiger partial charge < -0.3 is 22.4 Å². The lowest BCUT2D eigenvalue weighted by Gasteiger charge is -2.61. The SMILES string of the molecule is CC1(C)[C@H]2C(=O)c3c(cc(-c4ccccn4)oc3=O)O[C@]2(C)[C@@H](O[Si](C)(C)C(C)(C)C)C[C@H]1C(CO[Si](C)(C)C(C)(C)C)CO[Si](C)(C)C(C)(C)C. The molecule has 11 heteroatoms. The number of ketones is 1. The normalized spacial score (nSPS) is 24.4. The van der Waals surface area contributed by atoms with Gasteiger partial charge in [0.15, 0.2) is 36.5 Å². The first kappa shape index (κ1) is 42.8. The first-order valence-corrected chi connectivity index (χ1v) is 27.9. The number of hydrogen-bond donors (Lipinski definition) is 0. The molecule has 0 unspecified atom stereocenters. The Kier molecular flexibility index (Phi) is 11.5. The highest BCUT2D eigenvalue weighted by Gasteiger charge is 2.66. The van der Waals surface area contributed by atoms with Gasteiger partial charge in [-0.3, -0.25) is 9.78 Å². The second kappa shape index (κ2) is 14.0. The average Bonchev–Trinajstić information content (AvgIpc) is 2.97. The first-order chi connectivity index (χ1) is 23.4. The Labute approximate surface area is 317 Å². The van der Waals surface area contributed by atoms with Gasteiger partial charge in [0, 0.05) is 31.4 Å². The summed E-state index contributed by atoms with van der Waals surface area (Å²) in [4.78, 5) is 33.2. The Morgan fingerprint density at radius 2 is 1.35 bits per heavy atom. The number of pyridine rings is 1. The van der Waals surface area contributed by atoms with Crippen LogP contribution in [-0.4, -0.2) is 60.6 Å². The van der Waals surface area contributed by atoms with E-state index in [1.165, 1.54) is 0 Å². The van der Waals surface area contributed by atoms with Crippen molar-refractivity contribution in [3.63, 3.8) is 0 Å². The molecule has 4 atom stereocenters. The van der Waals surface area contributed by atoms with Gasteiger partial charge in [0.2, 0.25) is 0 Å². The van der Waals surface area contributed by atoms with Gasteiger partial charge in [-0.15, -0.1) is 0 Å². The molecule has 1 saturated carbocycles. The number of rotatable bonds is 10. The molecule has 2 aromatic heterocycles. The summed E-state index contributed by atoms with van der Waals surface area (Å²) in [5, 5.41) is -0.0155.